The van der Waals surface area contributed by atoms with Gasteiger partial charge < -0.3 is 10.1 Å². The first-order valence-corrected chi connectivity index (χ1v) is 9.97. The number of nitrogens with one attached hydrogen (secondary N) is 2. The van der Waals surface area contributed by atoms with Gasteiger partial charge in [-0.15, -0.1) is 0 Å². The molecule has 0 aliphatic heterocycles. The number of benzene rings is 2. The molecule has 0 saturated carbocycles. The van der Waals surface area contributed by atoms with Crippen LogP contribution in [0.15, 0.2) is 66.9 Å². The Balaban J connectivity index is 1.66. The molecule has 0 atom stereocenters. The standard InChI is InChI=1S/C24H21N5O2/c1-15-19-12-17(8-10-20(19)28-27-15)22-23(25-13-16-6-4-3-5-7-16)29-14-18(24(30)31-2)9-11-21(29)26-22/h3-12,14,25H,13H2,1-2H3,(H,27,28). The Bertz CT molecular complexity index is 1400. The van der Waals surface area contributed by atoms with E-state index < -0.39 is 0 Å². The molecule has 7 heteroatoms. The topological polar surface area (TPSA) is 84.3 Å². The summed E-state index contributed by atoms with van der Waals surface area (Å²) < 4.78 is 6.79. The number of anilines is 1. The largest absolute Gasteiger partial charge is 0.465 e. The van der Waals surface area contributed by atoms with Crippen LogP contribution in [0.2, 0.25) is 0 Å². The summed E-state index contributed by atoms with van der Waals surface area (Å²) in [5.41, 5.74) is 6.04. The van der Waals surface area contributed by atoms with Crippen molar-refractivity contribution < 1.29 is 9.53 Å². The van der Waals surface area contributed by atoms with Crippen LogP contribution in [-0.2, 0) is 11.3 Å². The van der Waals surface area contributed by atoms with Gasteiger partial charge in [0, 0.05) is 29.4 Å². The molecule has 31 heavy (non-hydrogen) atoms. The van der Waals surface area contributed by atoms with E-state index in [1.54, 1.807) is 12.3 Å². The predicted octanol–water partition coefficient (Wildman–Crippen LogP) is 4.58. The van der Waals surface area contributed by atoms with Crippen molar-refractivity contribution in [2.24, 2.45) is 0 Å². The number of carbonyl (C=O) groups excluding carboxylic acids is 1. The summed E-state index contributed by atoms with van der Waals surface area (Å²) in [5, 5.41) is 11.9. The molecule has 0 aliphatic carbocycles. The third-order valence-corrected chi connectivity index (χ3v) is 5.36. The number of esters is 1. The number of hydrogen-bond donors (Lipinski definition) is 2. The van der Waals surface area contributed by atoms with Crippen LogP contribution in [0.3, 0.4) is 0 Å². The summed E-state index contributed by atoms with van der Waals surface area (Å²) in [7, 11) is 1.38. The summed E-state index contributed by atoms with van der Waals surface area (Å²) >= 11 is 0. The van der Waals surface area contributed by atoms with Crippen molar-refractivity contribution in [3.63, 3.8) is 0 Å². The van der Waals surface area contributed by atoms with Gasteiger partial charge in [-0.1, -0.05) is 36.4 Å². The number of ether oxygens (including phenoxy) is 1. The molecule has 0 spiro atoms. The van der Waals surface area contributed by atoms with Crippen LogP contribution in [0, 0.1) is 6.92 Å². The second-order valence-corrected chi connectivity index (χ2v) is 7.37. The minimum Gasteiger partial charge on any atom is -0.465 e. The molecule has 154 valence electrons. The highest BCUT2D eigenvalue weighted by Crippen LogP contribution is 2.32. The summed E-state index contributed by atoms with van der Waals surface area (Å²) in [6, 6.07) is 19.8. The molecule has 0 aliphatic rings. The second kappa shape index (κ2) is 7.60. The highest BCUT2D eigenvalue weighted by molar-refractivity contribution is 5.91. The lowest BCUT2D eigenvalue weighted by molar-refractivity contribution is 0.0600. The van der Waals surface area contributed by atoms with Gasteiger partial charge in [0.2, 0.25) is 0 Å². The van der Waals surface area contributed by atoms with Gasteiger partial charge in [0.1, 0.15) is 17.2 Å². The Morgan fingerprint density at radius 1 is 1.13 bits per heavy atom. The zero-order valence-electron chi connectivity index (χ0n) is 17.2. The van der Waals surface area contributed by atoms with Crippen molar-refractivity contribution in [2.45, 2.75) is 13.5 Å². The number of carbonyl (C=O) groups is 1. The van der Waals surface area contributed by atoms with E-state index in [1.165, 1.54) is 7.11 Å². The highest BCUT2D eigenvalue weighted by atomic mass is 16.5. The van der Waals surface area contributed by atoms with Crippen molar-refractivity contribution in [1.82, 2.24) is 19.6 Å². The molecule has 3 heterocycles. The maximum atomic E-state index is 12.1. The SMILES string of the molecule is COC(=O)c1ccc2nc(-c3ccc4n[nH]c(C)c4c3)c(NCc3ccccc3)n2c1. The van der Waals surface area contributed by atoms with E-state index in [0.717, 1.165) is 44.9 Å². The molecule has 0 radical (unpaired) electrons. The molecule has 5 aromatic rings. The summed E-state index contributed by atoms with van der Waals surface area (Å²) in [4.78, 5) is 17.0. The number of imidazole rings is 1. The lowest BCUT2D eigenvalue weighted by Gasteiger charge is -2.10. The lowest BCUT2D eigenvalue weighted by atomic mass is 10.1. The molecule has 2 N–H and O–H groups in total. The molecule has 3 aromatic heterocycles. The van der Waals surface area contributed by atoms with E-state index in [1.807, 2.05) is 47.7 Å². The molecular weight excluding hydrogens is 390 g/mol. The number of aromatic nitrogens is 4. The molecule has 7 nitrogen and oxygen atoms in total. The number of pyridine rings is 1. The quantitative estimate of drug-likeness (QED) is 0.414. The first-order chi connectivity index (χ1) is 15.1. The average molecular weight is 411 g/mol. The Morgan fingerprint density at radius 3 is 2.77 bits per heavy atom. The lowest BCUT2D eigenvalue weighted by Crippen LogP contribution is -2.06. The molecule has 0 bridgehead atoms. The minimum atomic E-state index is -0.387. The van der Waals surface area contributed by atoms with Crippen LogP contribution in [0.5, 0.6) is 0 Å². The summed E-state index contributed by atoms with van der Waals surface area (Å²) in [6.07, 6.45) is 1.76. The van der Waals surface area contributed by atoms with Crippen LogP contribution in [0.25, 0.3) is 27.8 Å². The number of nitrogens with zero attached hydrogens (tertiary/aromatic N) is 3. The zero-order chi connectivity index (χ0) is 21.4. The van der Waals surface area contributed by atoms with E-state index in [-0.39, 0.29) is 5.97 Å². The van der Waals surface area contributed by atoms with Gasteiger partial charge in [0.05, 0.1) is 18.2 Å². The van der Waals surface area contributed by atoms with Crippen molar-refractivity contribution >= 4 is 28.3 Å². The fourth-order valence-electron chi connectivity index (χ4n) is 3.72. The van der Waals surface area contributed by atoms with Gasteiger partial charge in [-0.25, -0.2) is 9.78 Å². The van der Waals surface area contributed by atoms with Crippen LogP contribution in [0.4, 0.5) is 5.82 Å². The highest BCUT2D eigenvalue weighted by Gasteiger charge is 2.17. The number of fused-ring (bicyclic) bond motifs is 2. The monoisotopic (exact) mass is 411 g/mol. The fraction of sp³-hybridized carbons (Fsp3) is 0.125. The van der Waals surface area contributed by atoms with Gasteiger partial charge in [0.15, 0.2) is 0 Å². The third-order valence-electron chi connectivity index (χ3n) is 5.36. The molecule has 2 aromatic carbocycles. The normalized spacial score (nSPS) is 11.2. The van der Waals surface area contributed by atoms with Crippen molar-refractivity contribution in [3.05, 3.63) is 83.7 Å². The van der Waals surface area contributed by atoms with E-state index in [0.29, 0.717) is 12.1 Å². The first-order valence-electron chi connectivity index (χ1n) is 9.97. The Morgan fingerprint density at radius 2 is 1.97 bits per heavy atom. The summed E-state index contributed by atoms with van der Waals surface area (Å²) in [6.45, 7) is 2.62. The van der Waals surface area contributed by atoms with Crippen molar-refractivity contribution in [3.8, 4) is 11.3 Å². The molecule has 0 saturated heterocycles. The second-order valence-electron chi connectivity index (χ2n) is 7.37. The Labute approximate surface area is 178 Å². The molecular formula is C24H21N5O2. The Kier molecular flexibility index (Phi) is 4.63. The molecule has 0 unspecified atom stereocenters. The molecule has 0 fully saturated rings. The number of methoxy groups -OCH3 is 1. The number of aryl methyl sites for hydroxylation is 1. The molecule has 0 amide bonds. The van der Waals surface area contributed by atoms with E-state index in [9.17, 15) is 4.79 Å². The van der Waals surface area contributed by atoms with E-state index in [2.05, 4.69) is 33.7 Å². The maximum Gasteiger partial charge on any atom is 0.339 e. The van der Waals surface area contributed by atoms with E-state index in [4.69, 9.17) is 9.72 Å². The number of aromatic amines is 1. The number of hydrogen-bond acceptors (Lipinski definition) is 5. The maximum absolute atomic E-state index is 12.1. The first kappa shape index (κ1) is 18.9. The third kappa shape index (κ3) is 3.40. The van der Waals surface area contributed by atoms with Gasteiger partial charge in [0.25, 0.3) is 0 Å². The van der Waals surface area contributed by atoms with Crippen molar-refractivity contribution in [2.75, 3.05) is 12.4 Å². The van der Waals surface area contributed by atoms with Crippen LogP contribution < -0.4 is 5.32 Å². The number of H-pyrrole nitrogens is 1. The van der Waals surface area contributed by atoms with Gasteiger partial charge in [-0.05, 0) is 36.8 Å². The van der Waals surface area contributed by atoms with Gasteiger partial charge >= 0.3 is 5.97 Å². The molecule has 5 rings (SSSR count). The predicted molar refractivity (Wildman–Crippen MR) is 120 cm³/mol. The van der Waals surface area contributed by atoms with E-state index >= 15 is 0 Å². The fourth-order valence-corrected chi connectivity index (χ4v) is 3.72. The number of rotatable bonds is 5. The summed E-state index contributed by atoms with van der Waals surface area (Å²) in [5.74, 6) is 0.423. The van der Waals surface area contributed by atoms with Crippen molar-refractivity contribution in [1.29, 1.82) is 0 Å². The van der Waals surface area contributed by atoms with Gasteiger partial charge in [-0.2, -0.15) is 5.10 Å². The minimum absolute atomic E-state index is 0.387. The smallest absolute Gasteiger partial charge is 0.339 e. The van der Waals surface area contributed by atoms with Gasteiger partial charge in [-0.3, -0.25) is 9.50 Å². The Hall–Kier alpha value is -4.13. The van der Waals surface area contributed by atoms with Crippen LogP contribution in [-0.4, -0.2) is 32.7 Å². The van der Waals surface area contributed by atoms with Crippen LogP contribution >= 0.6 is 0 Å². The zero-order valence-corrected chi connectivity index (χ0v) is 17.2. The van der Waals surface area contributed by atoms with Crippen LogP contribution in [0.1, 0.15) is 21.6 Å². The average Bonchev–Trinajstić information content (AvgIpc) is 3.37.